The molecule has 0 bridgehead atoms. The van der Waals surface area contributed by atoms with Crippen LogP contribution in [-0.4, -0.2) is 13.1 Å². The molecule has 0 fully saturated rings. The second-order valence-corrected chi connectivity index (χ2v) is 6.46. The lowest BCUT2D eigenvalue weighted by Crippen LogP contribution is -3.07. The summed E-state index contributed by atoms with van der Waals surface area (Å²) in [6.07, 6.45) is 14.2. The maximum absolute atomic E-state index is 11.9. The molecule has 0 aliphatic rings. The first kappa shape index (κ1) is 19.2. The summed E-state index contributed by atoms with van der Waals surface area (Å²) in [5.41, 5.74) is 1.28. The Balaban J connectivity index is 1.85. The minimum Gasteiger partial charge on any atom is -0.634 e. The van der Waals surface area contributed by atoms with Crippen LogP contribution in [0.3, 0.4) is 0 Å². The maximum Gasteiger partial charge on any atom is 0.0809 e. The maximum atomic E-state index is 11.9. The van der Waals surface area contributed by atoms with E-state index in [4.69, 9.17) is 0 Å². The van der Waals surface area contributed by atoms with Crippen LogP contribution < -0.4 is 5.06 Å². The zero-order valence-corrected chi connectivity index (χ0v) is 14.5. The topological polar surface area (TPSA) is 27.5 Å². The van der Waals surface area contributed by atoms with Gasteiger partial charge >= 0.3 is 0 Å². The third-order valence-electron chi connectivity index (χ3n) is 4.34. The normalized spacial score (nSPS) is 12.5. The number of hydrogen-bond acceptors (Lipinski definition) is 1. The molecule has 0 aromatic heterocycles. The molecule has 0 saturated heterocycles. The molecule has 2 heteroatoms. The Bertz CT molecular complexity index is 339. The molecule has 0 saturated carbocycles. The summed E-state index contributed by atoms with van der Waals surface area (Å²) in [4.78, 5) is 0. The molecule has 1 N–H and O–H groups in total. The number of nitrogens with one attached hydrogen (secondary N) is 1. The average Bonchev–Trinajstić information content (AvgIpc) is 2.55. The summed E-state index contributed by atoms with van der Waals surface area (Å²) in [7, 11) is 0. The summed E-state index contributed by atoms with van der Waals surface area (Å²) in [6, 6.07) is 10.3. The zero-order valence-electron chi connectivity index (χ0n) is 14.5. The fourth-order valence-corrected chi connectivity index (χ4v) is 2.86. The molecule has 1 aromatic carbocycles. The van der Waals surface area contributed by atoms with E-state index in [1.165, 1.54) is 63.4 Å². The number of rotatable bonds is 14. The van der Waals surface area contributed by atoms with Crippen LogP contribution in [0.15, 0.2) is 30.3 Å². The Hall–Kier alpha value is -0.860. The van der Waals surface area contributed by atoms with Crippen LogP contribution in [0, 0.1) is 5.21 Å². The molecule has 0 radical (unpaired) electrons. The van der Waals surface area contributed by atoms with Crippen LogP contribution >= 0.6 is 0 Å². The van der Waals surface area contributed by atoms with Gasteiger partial charge in [0.25, 0.3) is 0 Å². The highest BCUT2D eigenvalue weighted by Gasteiger charge is 1.99. The molecule has 126 valence electrons. The van der Waals surface area contributed by atoms with Crippen molar-refractivity contribution in [1.29, 1.82) is 0 Å². The second kappa shape index (κ2) is 13.8. The third kappa shape index (κ3) is 10.8. The fraction of sp³-hybridized carbons (Fsp3) is 0.700. The van der Waals surface area contributed by atoms with Gasteiger partial charge in [-0.05, 0) is 18.4 Å². The van der Waals surface area contributed by atoms with Crippen LogP contribution in [0.2, 0.25) is 0 Å². The molecule has 22 heavy (non-hydrogen) atoms. The Kier molecular flexibility index (Phi) is 12.0. The lowest BCUT2D eigenvalue weighted by atomic mass is 10.1. The van der Waals surface area contributed by atoms with Crippen LogP contribution in [0.25, 0.3) is 0 Å². The van der Waals surface area contributed by atoms with Gasteiger partial charge in [-0.2, -0.15) is 0 Å². The van der Waals surface area contributed by atoms with Gasteiger partial charge < -0.3 is 10.3 Å². The minimum atomic E-state index is 0.434. The Morgan fingerprint density at radius 2 is 1.27 bits per heavy atom. The smallest absolute Gasteiger partial charge is 0.0809 e. The molecule has 0 heterocycles. The summed E-state index contributed by atoms with van der Waals surface area (Å²) >= 11 is 0. The summed E-state index contributed by atoms with van der Waals surface area (Å²) in [6.45, 7) is 3.76. The summed E-state index contributed by atoms with van der Waals surface area (Å²) in [5, 5.41) is 12.3. The molecular weight excluding hydrogens is 270 g/mol. The molecule has 0 aliphatic carbocycles. The fourth-order valence-electron chi connectivity index (χ4n) is 2.86. The van der Waals surface area contributed by atoms with Crippen LogP contribution in [-0.2, 0) is 6.42 Å². The number of hydrogen-bond donors (Lipinski definition) is 1. The Labute approximate surface area is 137 Å². The number of quaternary nitrogens is 1. The van der Waals surface area contributed by atoms with Gasteiger partial charge in [0.15, 0.2) is 0 Å². The predicted octanol–water partition coefficient (Wildman–Crippen LogP) is 4.53. The lowest BCUT2D eigenvalue weighted by molar-refractivity contribution is -0.848. The van der Waals surface area contributed by atoms with Crippen molar-refractivity contribution < 1.29 is 5.06 Å². The lowest BCUT2D eigenvalue weighted by Gasteiger charge is -2.22. The molecule has 0 aliphatic heterocycles. The van der Waals surface area contributed by atoms with E-state index in [-0.39, 0.29) is 0 Å². The van der Waals surface area contributed by atoms with E-state index < -0.39 is 0 Å². The molecule has 0 amide bonds. The molecule has 2 nitrogen and oxygen atoms in total. The zero-order chi connectivity index (χ0) is 15.9. The minimum absolute atomic E-state index is 0.434. The van der Waals surface area contributed by atoms with E-state index >= 15 is 0 Å². The van der Waals surface area contributed by atoms with Gasteiger partial charge in [-0.3, -0.25) is 0 Å². The number of benzene rings is 1. The first-order valence-corrected chi connectivity index (χ1v) is 9.38. The molecule has 1 rings (SSSR count). The molecular formula is C20H35NO. The van der Waals surface area contributed by atoms with Crippen LogP contribution in [0.4, 0.5) is 0 Å². The van der Waals surface area contributed by atoms with E-state index in [1.807, 2.05) is 18.2 Å². The van der Waals surface area contributed by atoms with Crippen molar-refractivity contribution in [1.82, 2.24) is 0 Å². The molecule has 1 aromatic rings. The van der Waals surface area contributed by atoms with Crippen LogP contribution in [0.1, 0.15) is 76.7 Å². The van der Waals surface area contributed by atoms with Crippen molar-refractivity contribution in [2.45, 2.75) is 77.6 Å². The predicted molar refractivity (Wildman–Crippen MR) is 96.1 cm³/mol. The second-order valence-electron chi connectivity index (χ2n) is 6.46. The van der Waals surface area contributed by atoms with Gasteiger partial charge in [0.2, 0.25) is 0 Å². The van der Waals surface area contributed by atoms with Gasteiger partial charge in [0.05, 0.1) is 13.1 Å². The van der Waals surface area contributed by atoms with Gasteiger partial charge in [0, 0.05) is 6.42 Å². The first-order valence-electron chi connectivity index (χ1n) is 9.38. The van der Waals surface area contributed by atoms with E-state index in [9.17, 15) is 5.21 Å². The molecule has 1 unspecified atom stereocenters. The van der Waals surface area contributed by atoms with Gasteiger partial charge in [-0.1, -0.05) is 88.6 Å². The van der Waals surface area contributed by atoms with E-state index in [0.29, 0.717) is 11.6 Å². The Morgan fingerprint density at radius 1 is 0.727 bits per heavy atom. The summed E-state index contributed by atoms with van der Waals surface area (Å²) < 4.78 is 0. The van der Waals surface area contributed by atoms with Crippen LogP contribution in [0.5, 0.6) is 0 Å². The van der Waals surface area contributed by atoms with Crippen molar-refractivity contribution in [2.24, 2.45) is 0 Å². The Morgan fingerprint density at radius 3 is 1.86 bits per heavy atom. The SMILES string of the molecule is CCCCCCCCCCCC[NH+]([O-])CCc1ccccc1. The monoisotopic (exact) mass is 305 g/mol. The number of hydroxylamine groups is 2. The van der Waals surface area contributed by atoms with E-state index in [1.54, 1.807) is 0 Å². The quantitative estimate of drug-likeness (QED) is 0.397. The van der Waals surface area contributed by atoms with Crippen molar-refractivity contribution >= 4 is 0 Å². The highest BCUT2D eigenvalue weighted by Crippen LogP contribution is 2.10. The highest BCUT2D eigenvalue weighted by atomic mass is 16.5. The van der Waals surface area contributed by atoms with Gasteiger partial charge in [0.1, 0.15) is 0 Å². The van der Waals surface area contributed by atoms with E-state index in [2.05, 4.69) is 19.1 Å². The molecule has 0 spiro atoms. The van der Waals surface area contributed by atoms with Crippen molar-refractivity contribution in [3.63, 3.8) is 0 Å². The largest absolute Gasteiger partial charge is 0.634 e. The standard InChI is InChI=1S/C20H35NO/c1-2-3-4-5-6-7-8-9-10-14-18-21(22)19-17-20-15-12-11-13-16-20/h11-13,15-16,21H,2-10,14,17-19H2,1H3. The van der Waals surface area contributed by atoms with E-state index in [0.717, 1.165) is 19.4 Å². The number of unbranched alkanes of at least 4 members (excludes halogenated alkanes) is 9. The van der Waals surface area contributed by atoms with Crippen molar-refractivity contribution in [3.8, 4) is 0 Å². The highest BCUT2D eigenvalue weighted by molar-refractivity contribution is 5.14. The first-order chi connectivity index (χ1) is 10.8. The van der Waals surface area contributed by atoms with Gasteiger partial charge in [-0.25, -0.2) is 0 Å². The van der Waals surface area contributed by atoms with Crippen molar-refractivity contribution in [3.05, 3.63) is 41.1 Å². The van der Waals surface area contributed by atoms with Crippen molar-refractivity contribution in [2.75, 3.05) is 13.1 Å². The van der Waals surface area contributed by atoms with Gasteiger partial charge in [-0.15, -0.1) is 0 Å². The third-order valence-corrected chi connectivity index (χ3v) is 4.34. The average molecular weight is 306 g/mol. The molecule has 1 atom stereocenters. The summed E-state index contributed by atoms with van der Waals surface area (Å²) in [5.74, 6) is 0.